The summed E-state index contributed by atoms with van der Waals surface area (Å²) in [6, 6.07) is 5.28. The Morgan fingerprint density at radius 2 is 1.96 bits per heavy atom. The van der Waals surface area contributed by atoms with Crippen molar-refractivity contribution in [3.63, 3.8) is 0 Å². The normalized spacial score (nSPS) is 16.6. The minimum Gasteiger partial charge on any atom is -0.393 e. The molecule has 0 radical (unpaired) electrons. The highest BCUT2D eigenvalue weighted by Crippen LogP contribution is 2.25. The van der Waals surface area contributed by atoms with Gasteiger partial charge in [0.1, 0.15) is 6.42 Å². The molecule has 0 saturated carbocycles. The fourth-order valence-electron chi connectivity index (χ4n) is 3.33. The maximum absolute atomic E-state index is 12.4. The average molecular weight is 381 g/mol. The van der Waals surface area contributed by atoms with Gasteiger partial charge in [-0.2, -0.15) is 0 Å². The van der Waals surface area contributed by atoms with Crippen LogP contribution in [0.3, 0.4) is 0 Å². The van der Waals surface area contributed by atoms with Crippen molar-refractivity contribution in [3.05, 3.63) is 28.8 Å². The Hall–Kier alpha value is -1.59. The lowest BCUT2D eigenvalue weighted by Crippen LogP contribution is -2.42. The fourth-order valence-corrected chi connectivity index (χ4v) is 3.51. The van der Waals surface area contributed by atoms with Gasteiger partial charge in [-0.1, -0.05) is 31.5 Å². The second-order valence-electron chi connectivity index (χ2n) is 7.60. The van der Waals surface area contributed by atoms with Gasteiger partial charge in [0, 0.05) is 23.8 Å². The summed E-state index contributed by atoms with van der Waals surface area (Å²) in [5, 5.41) is 13.5. The number of rotatable bonds is 6. The molecule has 1 heterocycles. The molecule has 0 bridgehead atoms. The lowest BCUT2D eigenvalue weighted by atomic mass is 9.87. The maximum atomic E-state index is 12.4. The molecule has 5 nitrogen and oxygen atoms in total. The van der Waals surface area contributed by atoms with Gasteiger partial charge < -0.3 is 15.3 Å². The van der Waals surface area contributed by atoms with E-state index in [1.807, 2.05) is 13.0 Å². The number of aliphatic hydroxyl groups is 1. The summed E-state index contributed by atoms with van der Waals surface area (Å²) in [6.45, 7) is 7.28. The van der Waals surface area contributed by atoms with Crippen LogP contribution in [0.15, 0.2) is 18.2 Å². The van der Waals surface area contributed by atoms with Crippen LogP contribution in [0, 0.1) is 18.8 Å². The summed E-state index contributed by atoms with van der Waals surface area (Å²) in [6.07, 6.45) is 1.89. The number of amides is 2. The van der Waals surface area contributed by atoms with Gasteiger partial charge in [-0.15, -0.1) is 0 Å². The molecule has 1 aliphatic rings. The molecule has 0 aromatic heterocycles. The topological polar surface area (TPSA) is 69.6 Å². The predicted molar refractivity (Wildman–Crippen MR) is 104 cm³/mol. The highest BCUT2D eigenvalue weighted by atomic mass is 35.5. The van der Waals surface area contributed by atoms with E-state index in [4.69, 9.17) is 11.6 Å². The van der Waals surface area contributed by atoms with Crippen LogP contribution >= 0.6 is 11.6 Å². The van der Waals surface area contributed by atoms with E-state index in [-0.39, 0.29) is 30.3 Å². The smallest absolute Gasteiger partial charge is 0.233 e. The predicted octanol–water partition coefficient (Wildman–Crippen LogP) is 3.62. The highest BCUT2D eigenvalue weighted by molar-refractivity contribution is 6.31. The van der Waals surface area contributed by atoms with Gasteiger partial charge in [-0.25, -0.2) is 0 Å². The van der Waals surface area contributed by atoms with Crippen LogP contribution in [0.1, 0.15) is 45.1 Å². The van der Waals surface area contributed by atoms with E-state index < -0.39 is 0 Å². The number of anilines is 1. The Bertz CT molecular complexity index is 640. The first-order chi connectivity index (χ1) is 12.3. The number of hydrogen-bond donors (Lipinski definition) is 2. The number of benzene rings is 1. The van der Waals surface area contributed by atoms with Crippen molar-refractivity contribution in [1.29, 1.82) is 0 Å². The van der Waals surface area contributed by atoms with Crippen molar-refractivity contribution in [3.8, 4) is 0 Å². The third-order valence-electron chi connectivity index (χ3n) is 4.92. The van der Waals surface area contributed by atoms with Crippen LogP contribution in [-0.2, 0) is 9.59 Å². The van der Waals surface area contributed by atoms with Gasteiger partial charge in [-0.05, 0) is 55.7 Å². The molecular formula is C20H29ClN2O3. The molecule has 2 rings (SSSR count). The van der Waals surface area contributed by atoms with Crippen molar-refractivity contribution in [1.82, 2.24) is 4.90 Å². The van der Waals surface area contributed by atoms with E-state index in [0.717, 1.165) is 24.8 Å². The number of piperidine rings is 1. The number of carbonyl (C=O) groups excluding carboxylic acids is 2. The lowest BCUT2D eigenvalue weighted by molar-refractivity contribution is -0.136. The number of aryl methyl sites for hydroxylation is 1. The van der Waals surface area contributed by atoms with Crippen LogP contribution in [-0.4, -0.2) is 41.0 Å². The number of nitrogens with one attached hydrogen (secondary N) is 1. The van der Waals surface area contributed by atoms with Crippen LogP contribution in [0.25, 0.3) is 0 Å². The number of aliphatic hydroxyl groups excluding tert-OH is 1. The van der Waals surface area contributed by atoms with Gasteiger partial charge in [0.2, 0.25) is 11.8 Å². The molecule has 2 amide bonds. The number of halogens is 1. The first kappa shape index (κ1) is 20.7. The zero-order valence-corrected chi connectivity index (χ0v) is 16.6. The Labute approximate surface area is 160 Å². The zero-order chi connectivity index (χ0) is 19.3. The Morgan fingerprint density at radius 3 is 2.54 bits per heavy atom. The monoisotopic (exact) mass is 380 g/mol. The number of hydrogen-bond acceptors (Lipinski definition) is 3. The van der Waals surface area contributed by atoms with Crippen molar-refractivity contribution >= 4 is 29.1 Å². The molecule has 1 saturated heterocycles. The van der Waals surface area contributed by atoms with Gasteiger partial charge in [0.25, 0.3) is 0 Å². The first-order valence-corrected chi connectivity index (χ1v) is 9.66. The van der Waals surface area contributed by atoms with Crippen LogP contribution in [0.4, 0.5) is 5.69 Å². The molecule has 0 aliphatic carbocycles. The van der Waals surface area contributed by atoms with Crippen molar-refractivity contribution in [2.24, 2.45) is 11.8 Å². The summed E-state index contributed by atoms with van der Waals surface area (Å²) in [4.78, 5) is 26.2. The second-order valence-corrected chi connectivity index (χ2v) is 8.01. The molecule has 0 spiro atoms. The molecule has 0 unspecified atom stereocenters. The molecule has 6 heteroatoms. The molecule has 1 aliphatic heterocycles. The van der Waals surface area contributed by atoms with E-state index in [2.05, 4.69) is 19.2 Å². The third kappa shape index (κ3) is 5.99. The molecule has 1 aromatic carbocycles. The molecule has 26 heavy (non-hydrogen) atoms. The zero-order valence-electron chi connectivity index (χ0n) is 15.8. The molecule has 2 N–H and O–H groups in total. The largest absolute Gasteiger partial charge is 0.393 e. The fraction of sp³-hybridized carbons (Fsp3) is 0.600. The summed E-state index contributed by atoms with van der Waals surface area (Å²) >= 11 is 6.05. The minimum atomic E-state index is -0.336. The lowest BCUT2D eigenvalue weighted by Gasteiger charge is -2.34. The molecule has 1 atom stereocenters. The van der Waals surface area contributed by atoms with Crippen LogP contribution in [0.2, 0.25) is 5.02 Å². The first-order valence-electron chi connectivity index (χ1n) is 9.28. The van der Waals surface area contributed by atoms with Crippen molar-refractivity contribution in [2.75, 3.05) is 18.4 Å². The quantitative estimate of drug-likeness (QED) is 0.740. The SMILES string of the molecule is Cc1ccc(NC(=O)CC(=O)N2CCC([C@H](O)CC(C)C)CC2)cc1Cl. The number of carbonyl (C=O) groups is 2. The Morgan fingerprint density at radius 1 is 1.31 bits per heavy atom. The summed E-state index contributed by atoms with van der Waals surface area (Å²) in [5.74, 6) is 0.197. The van der Waals surface area contributed by atoms with Gasteiger partial charge >= 0.3 is 0 Å². The van der Waals surface area contributed by atoms with Crippen LogP contribution in [0.5, 0.6) is 0 Å². The minimum absolute atomic E-state index is 0.169. The summed E-state index contributed by atoms with van der Waals surface area (Å²) in [7, 11) is 0. The average Bonchev–Trinajstić information content (AvgIpc) is 2.57. The number of nitrogens with zero attached hydrogens (tertiary/aromatic N) is 1. The van der Waals surface area contributed by atoms with E-state index in [1.165, 1.54) is 0 Å². The maximum Gasteiger partial charge on any atom is 0.233 e. The van der Waals surface area contributed by atoms with E-state index in [1.54, 1.807) is 17.0 Å². The van der Waals surface area contributed by atoms with Crippen molar-refractivity contribution in [2.45, 2.75) is 52.6 Å². The van der Waals surface area contributed by atoms with Gasteiger partial charge in [-0.3, -0.25) is 9.59 Å². The molecule has 1 aromatic rings. The summed E-state index contributed by atoms with van der Waals surface area (Å²) in [5.41, 5.74) is 1.53. The molecule has 144 valence electrons. The standard InChI is InChI=1S/C20H29ClN2O3/c1-13(2)10-18(24)15-6-8-23(9-7-15)20(26)12-19(25)22-16-5-4-14(3)17(21)11-16/h4-5,11,13,15,18,24H,6-10,12H2,1-3H3,(H,22,25)/t18-/m1/s1. The van der Waals surface area contributed by atoms with Gasteiger partial charge in [0.15, 0.2) is 0 Å². The molecular weight excluding hydrogens is 352 g/mol. The van der Waals surface area contributed by atoms with Crippen molar-refractivity contribution < 1.29 is 14.7 Å². The molecule has 1 fully saturated rings. The third-order valence-corrected chi connectivity index (χ3v) is 5.32. The Kier molecular flexibility index (Phi) is 7.47. The number of likely N-dealkylation sites (tertiary alicyclic amines) is 1. The van der Waals surface area contributed by atoms with E-state index in [9.17, 15) is 14.7 Å². The van der Waals surface area contributed by atoms with Gasteiger partial charge in [0.05, 0.1) is 6.10 Å². The Balaban J connectivity index is 1.79. The summed E-state index contributed by atoms with van der Waals surface area (Å²) < 4.78 is 0. The second kappa shape index (κ2) is 9.38. The van der Waals surface area contributed by atoms with E-state index >= 15 is 0 Å². The van der Waals surface area contributed by atoms with E-state index in [0.29, 0.717) is 29.7 Å². The van der Waals surface area contributed by atoms with Crippen LogP contribution < -0.4 is 5.32 Å². The highest BCUT2D eigenvalue weighted by Gasteiger charge is 2.28.